The molecule has 0 atom stereocenters. The van der Waals surface area contributed by atoms with Crippen LogP contribution < -0.4 is 5.32 Å². The van der Waals surface area contributed by atoms with Crippen LogP contribution in [0.2, 0.25) is 0 Å². The van der Waals surface area contributed by atoms with Gasteiger partial charge in [-0.2, -0.15) is 0 Å². The Bertz CT molecular complexity index is 741. The lowest BCUT2D eigenvalue weighted by atomic mass is 9.49. The average molecular weight is 395 g/mol. The number of carbonyl (C=O) groups excluding carboxylic acids is 2. The molecule has 5 aliphatic rings. The molecule has 1 N–H and O–H groups in total. The zero-order valence-electron chi connectivity index (χ0n) is 17.7. The van der Waals surface area contributed by atoms with Gasteiger partial charge < -0.3 is 10.2 Å². The molecule has 4 nitrogen and oxygen atoms in total. The maximum absolute atomic E-state index is 13.5. The van der Waals surface area contributed by atoms with E-state index in [2.05, 4.69) is 41.4 Å². The summed E-state index contributed by atoms with van der Waals surface area (Å²) in [4.78, 5) is 28.2. The maximum atomic E-state index is 13.5. The van der Waals surface area contributed by atoms with E-state index >= 15 is 0 Å². The first-order valence-corrected chi connectivity index (χ1v) is 11.6. The topological polar surface area (TPSA) is 49.4 Å². The normalized spacial score (nSPS) is 33.7. The van der Waals surface area contributed by atoms with Gasteiger partial charge in [-0.05, 0) is 81.6 Å². The van der Waals surface area contributed by atoms with Gasteiger partial charge in [0.05, 0.1) is 5.41 Å². The van der Waals surface area contributed by atoms with Crippen molar-refractivity contribution in [2.75, 3.05) is 13.1 Å². The molecule has 1 aliphatic heterocycles. The van der Waals surface area contributed by atoms with E-state index in [1.165, 1.54) is 24.8 Å². The van der Waals surface area contributed by atoms with E-state index in [1.807, 2.05) is 0 Å². The second-order valence-corrected chi connectivity index (χ2v) is 10.5. The minimum atomic E-state index is -0.0463. The van der Waals surface area contributed by atoms with Crippen molar-refractivity contribution < 1.29 is 9.59 Å². The molecular formula is C25H34N2O2. The fourth-order valence-electron chi connectivity index (χ4n) is 7.09. The summed E-state index contributed by atoms with van der Waals surface area (Å²) in [6.45, 7) is 4.17. The van der Waals surface area contributed by atoms with Crippen molar-refractivity contribution in [3.8, 4) is 0 Å². The Kier molecular flexibility index (Phi) is 4.92. The van der Waals surface area contributed by atoms with Gasteiger partial charge in [0.2, 0.25) is 11.8 Å². The number of rotatable bonds is 4. The van der Waals surface area contributed by atoms with Crippen LogP contribution in [-0.4, -0.2) is 29.8 Å². The number of likely N-dealkylation sites (tertiary alicyclic amines) is 1. The molecule has 1 saturated heterocycles. The molecule has 2 amide bonds. The fraction of sp³-hybridized carbons (Fsp3) is 0.680. The summed E-state index contributed by atoms with van der Waals surface area (Å²) in [5, 5.41) is 3.10. The Hall–Kier alpha value is -1.84. The number of carbonyl (C=O) groups is 2. The smallest absolute Gasteiger partial charge is 0.228 e. The Morgan fingerprint density at radius 3 is 2.07 bits per heavy atom. The summed E-state index contributed by atoms with van der Waals surface area (Å²) in [5.41, 5.74) is 2.32. The molecule has 0 radical (unpaired) electrons. The van der Waals surface area contributed by atoms with Gasteiger partial charge in [-0.25, -0.2) is 0 Å². The van der Waals surface area contributed by atoms with Crippen molar-refractivity contribution in [1.82, 2.24) is 10.2 Å². The second kappa shape index (κ2) is 7.45. The minimum Gasteiger partial charge on any atom is -0.352 e. The number of hydrogen-bond donors (Lipinski definition) is 1. The highest BCUT2D eigenvalue weighted by Crippen LogP contribution is 2.60. The van der Waals surface area contributed by atoms with Gasteiger partial charge >= 0.3 is 0 Å². The number of benzene rings is 1. The van der Waals surface area contributed by atoms with E-state index in [1.54, 1.807) is 0 Å². The quantitative estimate of drug-likeness (QED) is 0.837. The third-order valence-electron chi connectivity index (χ3n) is 8.23. The van der Waals surface area contributed by atoms with Crippen molar-refractivity contribution in [2.24, 2.45) is 29.1 Å². The van der Waals surface area contributed by atoms with Crippen LogP contribution >= 0.6 is 0 Å². The summed E-state index contributed by atoms with van der Waals surface area (Å²) >= 11 is 0. The third kappa shape index (κ3) is 3.71. The van der Waals surface area contributed by atoms with Crippen LogP contribution in [0, 0.1) is 36.0 Å². The average Bonchev–Trinajstić information content (AvgIpc) is 2.72. The number of amides is 2. The minimum absolute atomic E-state index is 0.0425. The van der Waals surface area contributed by atoms with E-state index in [9.17, 15) is 9.59 Å². The summed E-state index contributed by atoms with van der Waals surface area (Å²) in [7, 11) is 0. The lowest BCUT2D eigenvalue weighted by Crippen LogP contribution is -2.56. The van der Waals surface area contributed by atoms with Crippen LogP contribution in [0.15, 0.2) is 24.3 Å². The van der Waals surface area contributed by atoms with Crippen LogP contribution in [0.4, 0.5) is 0 Å². The zero-order valence-corrected chi connectivity index (χ0v) is 17.7. The van der Waals surface area contributed by atoms with Gasteiger partial charge in [-0.15, -0.1) is 0 Å². The summed E-state index contributed by atoms with van der Waals surface area (Å²) in [5.74, 6) is 3.02. The highest BCUT2D eigenvalue weighted by atomic mass is 16.2. The monoisotopic (exact) mass is 394 g/mol. The van der Waals surface area contributed by atoms with Gasteiger partial charge in [-0.1, -0.05) is 29.8 Å². The molecule has 1 aromatic rings. The van der Waals surface area contributed by atoms with Crippen LogP contribution in [0.1, 0.15) is 62.5 Å². The number of nitrogens with one attached hydrogen (secondary N) is 1. The molecule has 29 heavy (non-hydrogen) atoms. The van der Waals surface area contributed by atoms with Gasteiger partial charge in [0.1, 0.15) is 0 Å². The standard InChI is InChI=1S/C25H34N2O2/c1-17-2-4-18(5-3-17)16-26-23(28)22-6-8-27(9-7-22)24(29)25-13-19-10-20(14-25)12-21(11-19)15-25/h2-5,19-22H,6-16H2,1H3,(H,26,28). The van der Waals surface area contributed by atoms with Crippen molar-refractivity contribution >= 4 is 11.8 Å². The van der Waals surface area contributed by atoms with E-state index in [0.29, 0.717) is 12.5 Å². The molecule has 0 spiro atoms. The Balaban J connectivity index is 1.14. The maximum Gasteiger partial charge on any atom is 0.228 e. The first kappa shape index (κ1) is 19.1. The molecule has 4 saturated carbocycles. The third-order valence-corrected chi connectivity index (χ3v) is 8.23. The highest BCUT2D eigenvalue weighted by Gasteiger charge is 2.55. The van der Waals surface area contributed by atoms with Crippen LogP contribution in [0.5, 0.6) is 0 Å². The van der Waals surface area contributed by atoms with E-state index < -0.39 is 0 Å². The molecule has 5 fully saturated rings. The molecule has 4 bridgehead atoms. The Morgan fingerprint density at radius 2 is 1.52 bits per heavy atom. The SMILES string of the molecule is Cc1ccc(CNC(=O)C2CCN(C(=O)C34CC5CC(CC(C5)C3)C4)CC2)cc1. The van der Waals surface area contributed by atoms with Crippen molar-refractivity contribution in [3.63, 3.8) is 0 Å². The summed E-state index contributed by atoms with van der Waals surface area (Å²) in [6.07, 6.45) is 9.12. The molecule has 1 heterocycles. The van der Waals surface area contributed by atoms with Gasteiger partial charge in [-0.3, -0.25) is 9.59 Å². The second-order valence-electron chi connectivity index (χ2n) is 10.5. The largest absolute Gasteiger partial charge is 0.352 e. The van der Waals surface area contributed by atoms with E-state index in [-0.39, 0.29) is 17.2 Å². The van der Waals surface area contributed by atoms with E-state index in [0.717, 1.165) is 68.5 Å². The summed E-state index contributed by atoms with van der Waals surface area (Å²) < 4.78 is 0. The molecule has 0 unspecified atom stereocenters. The Labute approximate surface area is 174 Å². The molecule has 6 rings (SSSR count). The Morgan fingerprint density at radius 1 is 0.966 bits per heavy atom. The predicted molar refractivity (Wildman–Crippen MR) is 113 cm³/mol. The van der Waals surface area contributed by atoms with E-state index in [4.69, 9.17) is 0 Å². The predicted octanol–water partition coefficient (Wildman–Crippen LogP) is 4.07. The number of nitrogens with zero attached hydrogens (tertiary/aromatic N) is 1. The first-order valence-electron chi connectivity index (χ1n) is 11.6. The molecule has 4 aliphatic carbocycles. The van der Waals surface area contributed by atoms with Crippen LogP contribution in [0.3, 0.4) is 0 Å². The summed E-state index contributed by atoms with van der Waals surface area (Å²) in [6, 6.07) is 8.30. The first-order chi connectivity index (χ1) is 14.0. The lowest BCUT2D eigenvalue weighted by Gasteiger charge is -2.57. The highest BCUT2D eigenvalue weighted by molar-refractivity contribution is 5.84. The lowest BCUT2D eigenvalue weighted by molar-refractivity contribution is -0.159. The molecular weight excluding hydrogens is 360 g/mol. The molecule has 4 heteroatoms. The van der Waals surface area contributed by atoms with Crippen LogP contribution in [-0.2, 0) is 16.1 Å². The molecule has 1 aromatic carbocycles. The zero-order chi connectivity index (χ0) is 20.0. The van der Waals surface area contributed by atoms with Crippen molar-refractivity contribution in [3.05, 3.63) is 35.4 Å². The number of hydrogen-bond acceptors (Lipinski definition) is 2. The fourth-order valence-corrected chi connectivity index (χ4v) is 7.09. The molecule has 0 aromatic heterocycles. The van der Waals surface area contributed by atoms with Gasteiger partial charge in [0.25, 0.3) is 0 Å². The van der Waals surface area contributed by atoms with Gasteiger partial charge in [0.15, 0.2) is 0 Å². The van der Waals surface area contributed by atoms with Gasteiger partial charge in [0, 0.05) is 25.6 Å². The van der Waals surface area contributed by atoms with Crippen LogP contribution in [0.25, 0.3) is 0 Å². The van der Waals surface area contributed by atoms with Crippen molar-refractivity contribution in [2.45, 2.75) is 64.8 Å². The number of aryl methyl sites for hydroxylation is 1. The van der Waals surface area contributed by atoms with Crippen molar-refractivity contribution in [1.29, 1.82) is 0 Å². The molecule has 156 valence electrons. The number of piperidine rings is 1.